The molecule has 7 heteroatoms. The summed E-state index contributed by atoms with van der Waals surface area (Å²) in [7, 11) is 0. The lowest BCUT2D eigenvalue weighted by molar-refractivity contribution is 0.340. The molecule has 2 rings (SSSR count). The molecule has 5 N–H and O–H groups in total. The molecule has 1 heterocycles. The number of aromatic nitrogens is 1. The second-order valence-electron chi connectivity index (χ2n) is 3.53. The fraction of sp³-hybridized carbons (Fsp3) is 0.182. The van der Waals surface area contributed by atoms with Gasteiger partial charge in [-0.1, -0.05) is 0 Å². The van der Waals surface area contributed by atoms with Crippen LogP contribution >= 0.6 is 0 Å². The summed E-state index contributed by atoms with van der Waals surface area (Å²) in [6, 6.07) is 7.14. The van der Waals surface area contributed by atoms with Crippen molar-refractivity contribution in [2.75, 3.05) is 23.5 Å². The monoisotopic (exact) mass is 250 g/mol. The van der Waals surface area contributed by atoms with Gasteiger partial charge in [0.2, 0.25) is 5.88 Å². The highest BCUT2D eigenvalue weighted by Gasteiger charge is 2.11. The van der Waals surface area contributed by atoms with Crippen LogP contribution in [-0.4, -0.2) is 11.3 Å². The molecule has 0 atom stereocenters. The Kier molecular flexibility index (Phi) is 3.13. The lowest BCUT2D eigenvalue weighted by Gasteiger charge is -2.07. The van der Waals surface area contributed by atoms with Gasteiger partial charge in [0.25, 0.3) is 0 Å². The van der Waals surface area contributed by atoms with E-state index in [1.807, 2.05) is 6.92 Å². The molecule has 18 heavy (non-hydrogen) atoms. The molecule has 0 amide bonds. The first-order chi connectivity index (χ1) is 8.61. The van der Waals surface area contributed by atoms with Gasteiger partial charge in [-0.05, 0) is 31.2 Å². The van der Waals surface area contributed by atoms with E-state index in [1.54, 1.807) is 24.3 Å². The van der Waals surface area contributed by atoms with Crippen LogP contribution in [0.2, 0.25) is 0 Å². The molecule has 2 aromatic rings. The molecule has 0 bridgehead atoms. The molecule has 0 aliphatic heterocycles. The Balaban J connectivity index is 2.21. The van der Waals surface area contributed by atoms with Crippen LogP contribution in [0, 0.1) is 0 Å². The predicted molar refractivity (Wildman–Crippen MR) is 68.4 cm³/mol. The Morgan fingerprint density at radius 1 is 1.39 bits per heavy atom. The summed E-state index contributed by atoms with van der Waals surface area (Å²) in [4.78, 5) is 11.1. The molecular weight excluding hydrogens is 236 g/mol. The van der Waals surface area contributed by atoms with Crippen LogP contribution in [0.1, 0.15) is 6.92 Å². The van der Waals surface area contributed by atoms with Crippen molar-refractivity contribution in [1.82, 2.24) is 4.68 Å². The normalized spacial score (nSPS) is 10.3. The zero-order chi connectivity index (χ0) is 13.1. The second kappa shape index (κ2) is 4.74. The third kappa shape index (κ3) is 2.24. The maximum absolute atomic E-state index is 11.1. The zero-order valence-corrected chi connectivity index (χ0v) is 9.84. The summed E-state index contributed by atoms with van der Waals surface area (Å²) in [5, 5.41) is 2.89. The number of nitrogen functional groups attached to an aromatic ring is 2. The van der Waals surface area contributed by atoms with Gasteiger partial charge in [-0.2, -0.15) is 4.68 Å². The smallest absolute Gasteiger partial charge is 0.441 e. The van der Waals surface area contributed by atoms with Crippen molar-refractivity contribution < 1.29 is 9.15 Å². The number of hydrogen-bond donors (Lipinski definition) is 3. The number of rotatable bonds is 4. The maximum atomic E-state index is 11.1. The summed E-state index contributed by atoms with van der Waals surface area (Å²) in [5.41, 5.74) is 6.23. The molecule has 1 aromatic carbocycles. The zero-order valence-electron chi connectivity index (χ0n) is 9.84. The average Bonchev–Trinajstić information content (AvgIpc) is 2.59. The number of nitrogens with zero attached hydrogens (tertiary/aromatic N) is 1. The van der Waals surface area contributed by atoms with Gasteiger partial charge in [0.05, 0.1) is 6.61 Å². The number of nitrogens with two attached hydrogens (primary N) is 2. The van der Waals surface area contributed by atoms with Crippen molar-refractivity contribution in [3.63, 3.8) is 0 Å². The van der Waals surface area contributed by atoms with Gasteiger partial charge in [-0.25, -0.2) is 4.79 Å². The molecule has 0 radical (unpaired) electrons. The van der Waals surface area contributed by atoms with E-state index in [0.29, 0.717) is 12.3 Å². The highest BCUT2D eigenvalue weighted by Crippen LogP contribution is 2.22. The van der Waals surface area contributed by atoms with Crippen molar-refractivity contribution in [2.24, 2.45) is 0 Å². The van der Waals surface area contributed by atoms with Gasteiger partial charge in [0.15, 0.2) is 5.82 Å². The Labute approximate surface area is 103 Å². The highest BCUT2D eigenvalue weighted by atomic mass is 16.5. The van der Waals surface area contributed by atoms with E-state index >= 15 is 0 Å². The Hall–Kier alpha value is -2.57. The van der Waals surface area contributed by atoms with Crippen LogP contribution in [0.4, 0.5) is 17.4 Å². The quantitative estimate of drug-likeness (QED) is 0.695. The fourth-order valence-corrected chi connectivity index (χ4v) is 1.46. The van der Waals surface area contributed by atoms with Crippen LogP contribution in [0.15, 0.2) is 33.5 Å². The van der Waals surface area contributed by atoms with Gasteiger partial charge in [0.1, 0.15) is 5.75 Å². The minimum Gasteiger partial charge on any atom is -0.494 e. The third-order valence-electron chi connectivity index (χ3n) is 2.30. The first-order valence-electron chi connectivity index (χ1n) is 5.38. The molecule has 0 unspecified atom stereocenters. The number of hydrogen-bond acceptors (Lipinski definition) is 6. The predicted octanol–water partition coefficient (Wildman–Crippen LogP) is 0.880. The summed E-state index contributed by atoms with van der Waals surface area (Å²) >= 11 is 0. The molecule has 0 saturated heterocycles. The standard InChI is InChI=1S/C11H14N4O3/c1-2-17-8-5-3-7(4-6-8)14-10-9(12)18-11(16)15(10)13/h3-6,14H,2,12-13H2,1H3. The Morgan fingerprint density at radius 2 is 2.06 bits per heavy atom. The number of benzene rings is 1. The van der Waals surface area contributed by atoms with Gasteiger partial charge >= 0.3 is 5.76 Å². The number of nitrogens with one attached hydrogen (secondary N) is 1. The summed E-state index contributed by atoms with van der Waals surface area (Å²) in [6.07, 6.45) is 0. The van der Waals surface area contributed by atoms with E-state index in [0.717, 1.165) is 10.4 Å². The van der Waals surface area contributed by atoms with E-state index < -0.39 is 5.76 Å². The van der Waals surface area contributed by atoms with E-state index in [4.69, 9.17) is 16.3 Å². The largest absolute Gasteiger partial charge is 0.494 e. The van der Waals surface area contributed by atoms with Gasteiger partial charge in [0, 0.05) is 5.69 Å². The number of ether oxygens (including phenoxy) is 1. The lowest BCUT2D eigenvalue weighted by Crippen LogP contribution is -2.23. The average molecular weight is 250 g/mol. The lowest BCUT2D eigenvalue weighted by atomic mass is 10.3. The molecule has 0 spiro atoms. The Bertz CT molecular complexity index is 585. The topological polar surface area (TPSA) is 108 Å². The SMILES string of the molecule is CCOc1ccc(Nc2c(N)oc(=O)n2N)cc1. The van der Waals surface area contributed by atoms with Crippen LogP contribution < -0.4 is 27.4 Å². The second-order valence-corrected chi connectivity index (χ2v) is 3.53. The van der Waals surface area contributed by atoms with Crippen molar-refractivity contribution in [3.05, 3.63) is 34.8 Å². The summed E-state index contributed by atoms with van der Waals surface area (Å²) in [6.45, 7) is 2.51. The minimum absolute atomic E-state index is 0.0589. The van der Waals surface area contributed by atoms with Crippen molar-refractivity contribution in [3.8, 4) is 5.75 Å². The minimum atomic E-state index is -0.721. The number of oxazole rings is 1. The van der Waals surface area contributed by atoms with Crippen molar-refractivity contribution >= 4 is 17.4 Å². The van der Waals surface area contributed by atoms with E-state index in [9.17, 15) is 4.79 Å². The molecule has 0 aliphatic carbocycles. The molecular formula is C11H14N4O3. The van der Waals surface area contributed by atoms with Crippen LogP contribution in [-0.2, 0) is 0 Å². The third-order valence-corrected chi connectivity index (χ3v) is 2.30. The molecule has 96 valence electrons. The Morgan fingerprint density at radius 3 is 2.56 bits per heavy atom. The summed E-state index contributed by atoms with van der Waals surface area (Å²) < 4.78 is 10.8. The molecule has 7 nitrogen and oxygen atoms in total. The maximum Gasteiger partial charge on any atom is 0.441 e. The molecule has 0 fully saturated rings. The van der Waals surface area contributed by atoms with Crippen LogP contribution in [0.5, 0.6) is 5.75 Å². The van der Waals surface area contributed by atoms with Gasteiger partial charge in [-0.3, -0.25) is 0 Å². The first kappa shape index (κ1) is 11.9. The van der Waals surface area contributed by atoms with Gasteiger partial charge in [-0.15, -0.1) is 0 Å². The van der Waals surface area contributed by atoms with Crippen LogP contribution in [0.3, 0.4) is 0 Å². The van der Waals surface area contributed by atoms with E-state index in [1.165, 1.54) is 0 Å². The number of anilines is 3. The molecule has 1 aromatic heterocycles. The van der Waals surface area contributed by atoms with Crippen molar-refractivity contribution in [1.29, 1.82) is 0 Å². The van der Waals surface area contributed by atoms with Crippen molar-refractivity contribution in [2.45, 2.75) is 6.92 Å². The van der Waals surface area contributed by atoms with E-state index in [-0.39, 0.29) is 11.7 Å². The molecule has 0 aliphatic rings. The first-order valence-corrected chi connectivity index (χ1v) is 5.38. The van der Waals surface area contributed by atoms with Crippen LogP contribution in [0.25, 0.3) is 0 Å². The molecule has 0 saturated carbocycles. The highest BCUT2D eigenvalue weighted by molar-refractivity contribution is 5.65. The van der Waals surface area contributed by atoms with E-state index in [2.05, 4.69) is 9.73 Å². The fourth-order valence-electron chi connectivity index (χ4n) is 1.46. The summed E-state index contributed by atoms with van der Waals surface area (Å²) in [5.74, 6) is 5.66. The van der Waals surface area contributed by atoms with Gasteiger partial charge < -0.3 is 26.0 Å².